The number of methoxy groups -OCH3 is 1. The van der Waals surface area contributed by atoms with Crippen molar-refractivity contribution < 1.29 is 4.74 Å². The summed E-state index contributed by atoms with van der Waals surface area (Å²) in [5, 5.41) is 0. The standard InChI is InChI=1S/C7H13N5O/c1-4-12(2)6-9-5(8)10-7(11-6)13-3/h4H2,1-3H3,(H2,8,9,10,11). The molecular formula is C7H13N5O. The van der Waals surface area contributed by atoms with Crippen molar-refractivity contribution in [3.63, 3.8) is 0 Å². The number of nitrogen functional groups attached to an aromatic ring is 1. The first kappa shape index (κ1) is 9.50. The van der Waals surface area contributed by atoms with Gasteiger partial charge in [-0.1, -0.05) is 0 Å². The Labute approximate surface area is 76.8 Å². The topological polar surface area (TPSA) is 77.2 Å². The van der Waals surface area contributed by atoms with E-state index in [0.717, 1.165) is 6.54 Å². The monoisotopic (exact) mass is 183 g/mol. The van der Waals surface area contributed by atoms with Gasteiger partial charge in [-0.15, -0.1) is 0 Å². The van der Waals surface area contributed by atoms with Crippen LogP contribution in [-0.4, -0.2) is 35.7 Å². The maximum atomic E-state index is 5.46. The fourth-order valence-electron chi connectivity index (χ4n) is 0.764. The van der Waals surface area contributed by atoms with Gasteiger partial charge in [0.25, 0.3) is 0 Å². The Bertz CT molecular complexity index is 290. The van der Waals surface area contributed by atoms with Crippen molar-refractivity contribution in [3.05, 3.63) is 0 Å². The van der Waals surface area contributed by atoms with Crippen LogP contribution in [0, 0.1) is 0 Å². The predicted octanol–water partition coefficient (Wildman–Crippen LogP) is -0.0815. The maximum absolute atomic E-state index is 5.46. The Hall–Kier alpha value is -1.59. The van der Waals surface area contributed by atoms with Crippen molar-refractivity contribution in [3.8, 4) is 6.01 Å². The van der Waals surface area contributed by atoms with Crippen LogP contribution in [0.2, 0.25) is 0 Å². The van der Waals surface area contributed by atoms with Gasteiger partial charge in [0.2, 0.25) is 11.9 Å². The van der Waals surface area contributed by atoms with Crippen LogP contribution in [0.4, 0.5) is 11.9 Å². The summed E-state index contributed by atoms with van der Waals surface area (Å²) in [4.78, 5) is 13.6. The van der Waals surface area contributed by atoms with E-state index in [0.29, 0.717) is 5.95 Å². The van der Waals surface area contributed by atoms with E-state index >= 15 is 0 Å². The fraction of sp³-hybridized carbons (Fsp3) is 0.571. The summed E-state index contributed by atoms with van der Waals surface area (Å²) < 4.78 is 4.86. The molecule has 0 saturated heterocycles. The normalized spacial score (nSPS) is 9.77. The van der Waals surface area contributed by atoms with Crippen LogP contribution in [-0.2, 0) is 0 Å². The molecule has 0 fully saturated rings. The van der Waals surface area contributed by atoms with Crippen molar-refractivity contribution in [2.24, 2.45) is 0 Å². The molecule has 0 unspecified atom stereocenters. The minimum absolute atomic E-state index is 0.169. The van der Waals surface area contributed by atoms with Crippen LogP contribution in [0.3, 0.4) is 0 Å². The Morgan fingerprint density at radius 1 is 1.38 bits per heavy atom. The molecule has 6 heteroatoms. The molecule has 0 aromatic carbocycles. The van der Waals surface area contributed by atoms with Crippen LogP contribution in [0.15, 0.2) is 0 Å². The zero-order valence-electron chi connectivity index (χ0n) is 7.98. The van der Waals surface area contributed by atoms with Crippen LogP contribution in [0.1, 0.15) is 6.92 Å². The number of aromatic nitrogens is 3. The first-order valence-corrected chi connectivity index (χ1v) is 3.94. The van der Waals surface area contributed by atoms with Gasteiger partial charge in [-0.05, 0) is 6.92 Å². The second-order valence-electron chi connectivity index (χ2n) is 2.49. The van der Waals surface area contributed by atoms with Gasteiger partial charge >= 0.3 is 6.01 Å². The maximum Gasteiger partial charge on any atom is 0.322 e. The summed E-state index contributed by atoms with van der Waals surface area (Å²) in [6.07, 6.45) is 0. The zero-order chi connectivity index (χ0) is 9.84. The lowest BCUT2D eigenvalue weighted by Crippen LogP contribution is -2.20. The molecule has 13 heavy (non-hydrogen) atoms. The van der Waals surface area contributed by atoms with Gasteiger partial charge in [-0.25, -0.2) is 0 Å². The van der Waals surface area contributed by atoms with Gasteiger partial charge in [0.1, 0.15) is 0 Å². The van der Waals surface area contributed by atoms with Crippen molar-refractivity contribution in [1.29, 1.82) is 0 Å². The second-order valence-corrected chi connectivity index (χ2v) is 2.49. The van der Waals surface area contributed by atoms with Crippen LogP contribution >= 0.6 is 0 Å². The molecule has 0 spiro atoms. The number of hydrogen-bond acceptors (Lipinski definition) is 6. The number of nitrogens with zero attached hydrogens (tertiary/aromatic N) is 4. The molecule has 1 aromatic rings. The molecule has 72 valence electrons. The smallest absolute Gasteiger partial charge is 0.322 e. The van der Waals surface area contributed by atoms with Gasteiger partial charge < -0.3 is 15.4 Å². The van der Waals surface area contributed by atoms with E-state index in [2.05, 4.69) is 15.0 Å². The summed E-state index contributed by atoms with van der Waals surface area (Å²) in [5.74, 6) is 0.689. The largest absolute Gasteiger partial charge is 0.467 e. The molecule has 2 N–H and O–H groups in total. The second kappa shape index (κ2) is 3.88. The van der Waals surface area contributed by atoms with Crippen molar-refractivity contribution in [2.45, 2.75) is 6.92 Å². The molecule has 0 bridgehead atoms. The number of nitrogens with two attached hydrogens (primary N) is 1. The van der Waals surface area contributed by atoms with Gasteiger partial charge in [-0.2, -0.15) is 15.0 Å². The number of anilines is 2. The summed E-state index contributed by atoms with van der Waals surface area (Å²) >= 11 is 0. The third kappa shape index (κ3) is 2.17. The Morgan fingerprint density at radius 3 is 2.62 bits per heavy atom. The minimum atomic E-state index is 0.169. The quantitative estimate of drug-likeness (QED) is 0.706. The highest BCUT2D eigenvalue weighted by molar-refractivity contribution is 5.34. The third-order valence-corrected chi connectivity index (χ3v) is 1.62. The summed E-state index contributed by atoms with van der Waals surface area (Å²) in [5.41, 5.74) is 5.46. The molecule has 1 heterocycles. The number of ether oxygens (including phenoxy) is 1. The summed E-state index contributed by atoms with van der Waals surface area (Å²) in [7, 11) is 3.36. The molecule has 0 aliphatic heterocycles. The average molecular weight is 183 g/mol. The van der Waals surface area contributed by atoms with E-state index in [1.165, 1.54) is 7.11 Å². The Morgan fingerprint density at radius 2 is 2.08 bits per heavy atom. The highest BCUT2D eigenvalue weighted by Gasteiger charge is 2.06. The van der Waals surface area contributed by atoms with Gasteiger partial charge in [0.05, 0.1) is 7.11 Å². The molecule has 0 amide bonds. The lowest BCUT2D eigenvalue weighted by atomic mass is 10.6. The molecule has 6 nitrogen and oxygen atoms in total. The zero-order valence-corrected chi connectivity index (χ0v) is 7.98. The highest BCUT2D eigenvalue weighted by Crippen LogP contribution is 2.10. The predicted molar refractivity (Wildman–Crippen MR) is 49.7 cm³/mol. The molecular weight excluding hydrogens is 170 g/mol. The first-order valence-electron chi connectivity index (χ1n) is 3.94. The van der Waals surface area contributed by atoms with E-state index in [1.54, 1.807) is 0 Å². The Balaban J connectivity index is 3.01. The lowest BCUT2D eigenvalue weighted by Gasteiger charge is -2.14. The van der Waals surface area contributed by atoms with Crippen molar-refractivity contribution in [2.75, 3.05) is 31.3 Å². The van der Waals surface area contributed by atoms with Crippen molar-refractivity contribution >= 4 is 11.9 Å². The van der Waals surface area contributed by atoms with Crippen LogP contribution in [0.5, 0.6) is 6.01 Å². The average Bonchev–Trinajstić information content (AvgIpc) is 2.15. The number of hydrogen-bond donors (Lipinski definition) is 1. The fourth-order valence-corrected chi connectivity index (χ4v) is 0.764. The minimum Gasteiger partial charge on any atom is -0.467 e. The summed E-state index contributed by atoms with van der Waals surface area (Å²) in [6.45, 7) is 2.79. The van der Waals surface area contributed by atoms with E-state index in [1.807, 2.05) is 18.9 Å². The molecule has 0 aliphatic carbocycles. The van der Waals surface area contributed by atoms with Crippen LogP contribution < -0.4 is 15.4 Å². The van der Waals surface area contributed by atoms with Crippen molar-refractivity contribution in [1.82, 2.24) is 15.0 Å². The van der Waals surface area contributed by atoms with E-state index < -0.39 is 0 Å². The van der Waals surface area contributed by atoms with Gasteiger partial charge in [-0.3, -0.25) is 0 Å². The number of rotatable bonds is 3. The van der Waals surface area contributed by atoms with E-state index in [-0.39, 0.29) is 12.0 Å². The third-order valence-electron chi connectivity index (χ3n) is 1.62. The van der Waals surface area contributed by atoms with E-state index in [9.17, 15) is 0 Å². The lowest BCUT2D eigenvalue weighted by molar-refractivity contribution is 0.379. The van der Waals surface area contributed by atoms with Gasteiger partial charge in [0, 0.05) is 13.6 Å². The van der Waals surface area contributed by atoms with Crippen LogP contribution in [0.25, 0.3) is 0 Å². The molecule has 0 atom stereocenters. The molecule has 1 aromatic heterocycles. The Kier molecular flexibility index (Phi) is 2.84. The molecule has 0 saturated carbocycles. The summed E-state index contributed by atoms with van der Waals surface area (Å²) in [6, 6.07) is 0.239. The van der Waals surface area contributed by atoms with E-state index in [4.69, 9.17) is 10.5 Å². The first-order chi connectivity index (χ1) is 6.17. The highest BCUT2D eigenvalue weighted by atomic mass is 16.5. The SMILES string of the molecule is CCN(C)c1nc(N)nc(OC)n1. The molecule has 1 rings (SSSR count). The molecule has 0 radical (unpaired) electrons. The molecule has 0 aliphatic rings. The van der Waals surface area contributed by atoms with Gasteiger partial charge in [0.15, 0.2) is 0 Å².